The van der Waals surface area contributed by atoms with Crippen LogP contribution in [0.5, 0.6) is 0 Å². The van der Waals surface area contributed by atoms with Gasteiger partial charge in [-0.15, -0.1) is 11.3 Å². The molecule has 2 heterocycles. The maximum absolute atomic E-state index is 12.6. The summed E-state index contributed by atoms with van der Waals surface area (Å²) in [5.74, 6) is 1.07. The van der Waals surface area contributed by atoms with Gasteiger partial charge in [-0.05, 0) is 25.7 Å². The normalized spacial score (nSPS) is 16.7. The predicted molar refractivity (Wildman–Crippen MR) is 94.9 cm³/mol. The van der Waals surface area contributed by atoms with Crippen LogP contribution in [0.25, 0.3) is 0 Å². The molecule has 0 spiro atoms. The van der Waals surface area contributed by atoms with Gasteiger partial charge in [0.25, 0.3) is 0 Å². The minimum absolute atomic E-state index is 0.0493. The summed E-state index contributed by atoms with van der Waals surface area (Å²) < 4.78 is 37.9. The second-order valence-electron chi connectivity index (χ2n) is 6.10. The maximum atomic E-state index is 12.6. The van der Waals surface area contributed by atoms with Crippen LogP contribution in [0.15, 0.2) is 10.4 Å². The molecule has 1 aliphatic heterocycles. The van der Waals surface area contributed by atoms with Gasteiger partial charge in [0.05, 0.1) is 6.54 Å². The van der Waals surface area contributed by atoms with E-state index in [1.807, 2.05) is 6.92 Å². The number of piperidine rings is 1. The molecule has 0 atom stereocenters. The van der Waals surface area contributed by atoms with E-state index >= 15 is 0 Å². The highest BCUT2D eigenvalue weighted by molar-refractivity contribution is 7.09. The third-order valence-electron chi connectivity index (χ3n) is 4.21. The number of nitrogens with one attached hydrogen (secondary N) is 2. The summed E-state index contributed by atoms with van der Waals surface area (Å²) in [5.41, 5.74) is -0.868. The number of amides is 1. The largest absolute Gasteiger partial charge is 0.434 e. The molecule has 0 bridgehead atoms. The van der Waals surface area contributed by atoms with Gasteiger partial charge in [-0.1, -0.05) is 0 Å². The minimum Gasteiger partial charge on any atom is -0.359 e. The Morgan fingerprint density at radius 2 is 2.12 bits per heavy atom. The first-order chi connectivity index (χ1) is 12.3. The molecule has 0 unspecified atom stereocenters. The summed E-state index contributed by atoms with van der Waals surface area (Å²) >= 11 is 0.964. The fourth-order valence-electron chi connectivity index (χ4n) is 2.80. The van der Waals surface area contributed by atoms with Crippen LogP contribution in [0.1, 0.15) is 36.9 Å². The molecule has 2 rings (SSSR count). The first-order valence-corrected chi connectivity index (χ1v) is 9.46. The summed E-state index contributed by atoms with van der Waals surface area (Å²) in [6, 6.07) is 0. The molecular formula is C16H24F3N5OS. The Balaban J connectivity index is 1.95. The highest BCUT2D eigenvalue weighted by atomic mass is 32.1. The number of carbonyl (C=O) groups is 1. The number of rotatable bonds is 5. The van der Waals surface area contributed by atoms with Crippen LogP contribution in [0.4, 0.5) is 13.2 Å². The fourth-order valence-corrected chi connectivity index (χ4v) is 3.52. The lowest BCUT2D eigenvalue weighted by Crippen LogP contribution is -2.46. The van der Waals surface area contributed by atoms with Crippen molar-refractivity contribution in [1.82, 2.24) is 20.5 Å². The predicted octanol–water partition coefficient (Wildman–Crippen LogP) is 2.48. The second-order valence-corrected chi connectivity index (χ2v) is 7.04. The number of nitrogens with zero attached hydrogens (tertiary/aromatic N) is 3. The van der Waals surface area contributed by atoms with Gasteiger partial charge in [0, 0.05) is 38.5 Å². The van der Waals surface area contributed by atoms with E-state index < -0.39 is 11.9 Å². The summed E-state index contributed by atoms with van der Waals surface area (Å²) in [5, 5.41) is 7.17. The van der Waals surface area contributed by atoms with E-state index in [2.05, 4.69) is 25.5 Å². The molecule has 0 radical (unpaired) electrons. The number of halogens is 3. The first-order valence-electron chi connectivity index (χ1n) is 8.59. The molecule has 1 saturated heterocycles. The number of guanidine groups is 1. The molecule has 1 amide bonds. The number of aromatic nitrogens is 1. The van der Waals surface area contributed by atoms with Crippen LogP contribution in [0.2, 0.25) is 0 Å². The average Bonchev–Trinajstić information content (AvgIpc) is 3.08. The third kappa shape index (κ3) is 5.86. The van der Waals surface area contributed by atoms with E-state index in [1.165, 1.54) is 0 Å². The van der Waals surface area contributed by atoms with E-state index in [9.17, 15) is 18.0 Å². The maximum Gasteiger partial charge on any atom is 0.434 e. The van der Waals surface area contributed by atoms with Crippen molar-refractivity contribution in [2.45, 2.75) is 38.9 Å². The SMILES string of the molecule is CCNC(=NCc1nc(C(F)(F)F)cs1)N1CCC(CC(=O)NC)CC1. The summed E-state index contributed by atoms with van der Waals surface area (Å²) in [6.45, 7) is 4.25. The molecule has 0 aromatic carbocycles. The fraction of sp³-hybridized carbons (Fsp3) is 0.688. The number of aliphatic imine (C=N–C) groups is 1. The standard InChI is InChI=1S/C16H24F3N5OS/c1-3-21-15(22-9-14-23-12(10-26-14)16(17,18)19)24-6-4-11(5-7-24)8-13(25)20-2/h10-11H,3-9H2,1-2H3,(H,20,25)(H,21,22). The van der Waals surface area contributed by atoms with Gasteiger partial charge in [0.1, 0.15) is 5.01 Å². The van der Waals surface area contributed by atoms with E-state index in [0.29, 0.717) is 29.9 Å². The molecule has 1 aromatic rings. The summed E-state index contributed by atoms with van der Waals surface area (Å²) in [7, 11) is 1.64. The van der Waals surface area contributed by atoms with Crippen molar-refractivity contribution in [3.05, 3.63) is 16.1 Å². The number of thiazole rings is 1. The van der Waals surface area contributed by atoms with Gasteiger partial charge in [0.2, 0.25) is 5.91 Å². The zero-order valence-electron chi connectivity index (χ0n) is 14.9. The molecule has 26 heavy (non-hydrogen) atoms. The number of alkyl halides is 3. The monoisotopic (exact) mass is 391 g/mol. The molecule has 1 fully saturated rings. The van der Waals surface area contributed by atoms with E-state index in [1.54, 1.807) is 7.05 Å². The van der Waals surface area contributed by atoms with Crippen LogP contribution in [0.3, 0.4) is 0 Å². The zero-order chi connectivity index (χ0) is 19.2. The van der Waals surface area contributed by atoms with Gasteiger partial charge in [-0.25, -0.2) is 9.98 Å². The lowest BCUT2D eigenvalue weighted by molar-refractivity contribution is -0.140. The lowest BCUT2D eigenvalue weighted by atomic mass is 9.93. The van der Waals surface area contributed by atoms with Crippen LogP contribution in [-0.4, -0.2) is 48.4 Å². The zero-order valence-corrected chi connectivity index (χ0v) is 15.7. The molecule has 0 aliphatic carbocycles. The van der Waals surface area contributed by atoms with Crippen molar-refractivity contribution in [2.24, 2.45) is 10.9 Å². The Hall–Kier alpha value is -1.84. The van der Waals surface area contributed by atoms with Gasteiger partial charge in [0.15, 0.2) is 11.7 Å². The number of likely N-dealkylation sites (tertiary alicyclic amines) is 1. The van der Waals surface area contributed by atoms with E-state index in [4.69, 9.17) is 0 Å². The van der Waals surface area contributed by atoms with Crippen LogP contribution in [0, 0.1) is 5.92 Å². The van der Waals surface area contributed by atoms with Crippen LogP contribution in [-0.2, 0) is 17.5 Å². The topological polar surface area (TPSA) is 69.6 Å². The van der Waals surface area contributed by atoms with Crippen LogP contribution >= 0.6 is 11.3 Å². The number of hydrogen-bond donors (Lipinski definition) is 2. The smallest absolute Gasteiger partial charge is 0.359 e. The first kappa shape index (κ1) is 20.5. The molecule has 146 valence electrons. The molecule has 10 heteroatoms. The van der Waals surface area contributed by atoms with E-state index in [-0.39, 0.29) is 12.5 Å². The Kier molecular flexibility index (Phi) is 7.24. The Morgan fingerprint density at radius 1 is 1.42 bits per heavy atom. The summed E-state index contributed by atoms with van der Waals surface area (Å²) in [6.07, 6.45) is -2.13. The number of hydrogen-bond acceptors (Lipinski definition) is 4. The van der Waals surface area contributed by atoms with Crippen molar-refractivity contribution in [2.75, 3.05) is 26.7 Å². The van der Waals surface area contributed by atoms with Crippen molar-refractivity contribution in [1.29, 1.82) is 0 Å². The van der Waals surface area contributed by atoms with Crippen LogP contribution < -0.4 is 10.6 Å². The van der Waals surface area contributed by atoms with Crippen molar-refractivity contribution in [3.8, 4) is 0 Å². The molecule has 2 N–H and O–H groups in total. The van der Waals surface area contributed by atoms with Gasteiger partial charge in [-0.3, -0.25) is 4.79 Å². The minimum atomic E-state index is -4.42. The molecular weight excluding hydrogens is 367 g/mol. The molecule has 1 aliphatic rings. The number of carbonyl (C=O) groups excluding carboxylic acids is 1. The highest BCUT2D eigenvalue weighted by Gasteiger charge is 2.33. The van der Waals surface area contributed by atoms with Crippen molar-refractivity contribution in [3.63, 3.8) is 0 Å². The lowest BCUT2D eigenvalue weighted by Gasteiger charge is -2.34. The third-order valence-corrected chi connectivity index (χ3v) is 5.04. The van der Waals surface area contributed by atoms with Gasteiger partial charge in [-0.2, -0.15) is 13.2 Å². The second kappa shape index (κ2) is 9.20. The Morgan fingerprint density at radius 3 is 2.65 bits per heavy atom. The van der Waals surface area contributed by atoms with Gasteiger partial charge >= 0.3 is 6.18 Å². The molecule has 6 nitrogen and oxygen atoms in total. The van der Waals surface area contributed by atoms with Crippen molar-refractivity contribution >= 4 is 23.2 Å². The summed E-state index contributed by atoms with van der Waals surface area (Å²) in [4.78, 5) is 21.6. The highest BCUT2D eigenvalue weighted by Crippen LogP contribution is 2.30. The van der Waals surface area contributed by atoms with Crippen molar-refractivity contribution < 1.29 is 18.0 Å². The molecule has 1 aromatic heterocycles. The van der Waals surface area contributed by atoms with E-state index in [0.717, 1.165) is 42.6 Å². The van der Waals surface area contributed by atoms with Gasteiger partial charge < -0.3 is 15.5 Å². The Labute approximate surface area is 154 Å². The molecule has 0 saturated carbocycles. The quantitative estimate of drug-likeness (QED) is 0.598. The average molecular weight is 391 g/mol. The Bertz CT molecular complexity index is 624.